The van der Waals surface area contributed by atoms with E-state index in [9.17, 15) is 0 Å². The molecule has 0 aliphatic heterocycles. The number of hydrogen-bond acceptors (Lipinski definition) is 2. The van der Waals surface area contributed by atoms with Crippen LogP contribution in [0, 0.1) is 0 Å². The van der Waals surface area contributed by atoms with Gasteiger partial charge < -0.3 is 14.6 Å². The Kier molecular flexibility index (Phi) is 4.10. The van der Waals surface area contributed by atoms with E-state index < -0.39 is 0 Å². The van der Waals surface area contributed by atoms with E-state index >= 15 is 0 Å². The molecule has 0 spiro atoms. The second kappa shape index (κ2) is 6.35. The van der Waals surface area contributed by atoms with Gasteiger partial charge in [0.1, 0.15) is 5.75 Å². The smallest absolute Gasteiger partial charge is 0.120 e. The molecule has 108 valence electrons. The van der Waals surface area contributed by atoms with Gasteiger partial charge in [-0.25, -0.2) is 0 Å². The van der Waals surface area contributed by atoms with Crippen molar-refractivity contribution >= 4 is 16.6 Å². The molecule has 1 aromatic heterocycles. The Morgan fingerprint density at radius 3 is 2.71 bits per heavy atom. The zero-order valence-electron chi connectivity index (χ0n) is 12.3. The molecule has 1 heterocycles. The third-order valence-electron chi connectivity index (χ3n) is 3.51. The van der Waals surface area contributed by atoms with Crippen molar-refractivity contribution < 1.29 is 4.74 Å². The monoisotopic (exact) mass is 280 g/mol. The third kappa shape index (κ3) is 3.19. The lowest BCUT2D eigenvalue weighted by atomic mass is 10.2. The van der Waals surface area contributed by atoms with Crippen molar-refractivity contribution in [3.05, 3.63) is 60.8 Å². The first kappa shape index (κ1) is 13.6. The third-order valence-corrected chi connectivity index (χ3v) is 3.51. The van der Waals surface area contributed by atoms with E-state index in [2.05, 4.69) is 46.4 Å². The number of nitrogens with zero attached hydrogens (tertiary/aromatic N) is 1. The zero-order valence-corrected chi connectivity index (χ0v) is 12.3. The van der Waals surface area contributed by atoms with E-state index in [4.69, 9.17) is 4.74 Å². The van der Waals surface area contributed by atoms with Crippen LogP contribution in [0.25, 0.3) is 10.9 Å². The van der Waals surface area contributed by atoms with Crippen LogP contribution in [0.5, 0.6) is 5.75 Å². The van der Waals surface area contributed by atoms with Crippen LogP contribution in [0.2, 0.25) is 0 Å². The summed E-state index contributed by atoms with van der Waals surface area (Å²) >= 11 is 0. The van der Waals surface area contributed by atoms with Gasteiger partial charge in [0.25, 0.3) is 0 Å². The second-order valence-corrected chi connectivity index (χ2v) is 4.96. The average molecular weight is 280 g/mol. The lowest BCUT2D eigenvalue weighted by Crippen LogP contribution is -2.09. The van der Waals surface area contributed by atoms with Crippen LogP contribution in [0.1, 0.15) is 6.92 Å². The molecule has 21 heavy (non-hydrogen) atoms. The highest BCUT2D eigenvalue weighted by atomic mass is 16.5. The number of para-hydroxylation sites is 1. The fraction of sp³-hybridized carbons (Fsp3) is 0.222. The quantitative estimate of drug-likeness (QED) is 0.734. The Morgan fingerprint density at radius 1 is 1.05 bits per heavy atom. The van der Waals surface area contributed by atoms with E-state index in [-0.39, 0.29) is 0 Å². The van der Waals surface area contributed by atoms with Crippen LogP contribution in [0.15, 0.2) is 60.8 Å². The van der Waals surface area contributed by atoms with Crippen molar-refractivity contribution in [2.24, 2.45) is 0 Å². The summed E-state index contributed by atoms with van der Waals surface area (Å²) in [6.07, 6.45) is 2.13. The van der Waals surface area contributed by atoms with E-state index in [0.717, 1.165) is 24.5 Å². The molecule has 0 fully saturated rings. The maximum atomic E-state index is 5.54. The fourth-order valence-electron chi connectivity index (χ4n) is 2.51. The van der Waals surface area contributed by atoms with E-state index in [1.54, 1.807) is 0 Å². The molecule has 0 radical (unpaired) electrons. The highest BCUT2D eigenvalue weighted by Gasteiger charge is 2.02. The molecule has 3 nitrogen and oxygen atoms in total. The Labute approximate surface area is 125 Å². The van der Waals surface area contributed by atoms with Gasteiger partial charge in [-0.1, -0.05) is 18.2 Å². The molecular formula is C18H20N2O. The van der Waals surface area contributed by atoms with Crippen molar-refractivity contribution in [2.75, 3.05) is 18.5 Å². The predicted octanol–water partition coefficient (Wildman–Crippen LogP) is 4.15. The van der Waals surface area contributed by atoms with Gasteiger partial charge in [-0.2, -0.15) is 0 Å². The van der Waals surface area contributed by atoms with E-state index in [1.807, 2.05) is 31.2 Å². The molecule has 0 saturated heterocycles. The first-order valence-corrected chi connectivity index (χ1v) is 7.37. The van der Waals surface area contributed by atoms with Gasteiger partial charge in [0.05, 0.1) is 6.61 Å². The summed E-state index contributed by atoms with van der Waals surface area (Å²) in [6.45, 7) is 4.55. The summed E-state index contributed by atoms with van der Waals surface area (Å²) in [5.41, 5.74) is 2.40. The number of nitrogens with one attached hydrogen (secondary N) is 1. The Balaban J connectivity index is 1.67. The number of ether oxygens (including phenoxy) is 1. The molecule has 0 bridgehead atoms. The molecule has 0 unspecified atom stereocenters. The number of rotatable bonds is 6. The van der Waals surface area contributed by atoms with Crippen molar-refractivity contribution in [1.82, 2.24) is 4.57 Å². The van der Waals surface area contributed by atoms with Gasteiger partial charge in [-0.15, -0.1) is 0 Å². The second-order valence-electron chi connectivity index (χ2n) is 4.96. The fourth-order valence-corrected chi connectivity index (χ4v) is 2.51. The highest BCUT2D eigenvalue weighted by molar-refractivity contribution is 5.81. The molecule has 3 rings (SSSR count). The zero-order chi connectivity index (χ0) is 14.5. The Morgan fingerprint density at radius 2 is 1.90 bits per heavy atom. The first-order chi connectivity index (χ1) is 10.4. The van der Waals surface area contributed by atoms with Crippen LogP contribution < -0.4 is 10.1 Å². The van der Waals surface area contributed by atoms with Gasteiger partial charge in [0.15, 0.2) is 0 Å². The maximum Gasteiger partial charge on any atom is 0.120 e. The minimum atomic E-state index is 0.702. The van der Waals surface area contributed by atoms with Gasteiger partial charge >= 0.3 is 0 Å². The van der Waals surface area contributed by atoms with Crippen molar-refractivity contribution in [3.63, 3.8) is 0 Å². The van der Waals surface area contributed by atoms with Crippen LogP contribution in [-0.4, -0.2) is 17.7 Å². The van der Waals surface area contributed by atoms with E-state index in [1.165, 1.54) is 10.9 Å². The van der Waals surface area contributed by atoms with Gasteiger partial charge in [-0.05, 0) is 43.3 Å². The summed E-state index contributed by atoms with van der Waals surface area (Å²) in [7, 11) is 0. The molecule has 3 aromatic rings. The summed E-state index contributed by atoms with van der Waals surface area (Å²) in [5, 5.41) is 4.66. The molecule has 0 aliphatic rings. The molecular weight excluding hydrogens is 260 g/mol. The molecule has 1 N–H and O–H groups in total. The Bertz CT molecular complexity index is 704. The normalized spacial score (nSPS) is 10.7. The molecule has 0 aliphatic carbocycles. The molecule has 2 aromatic carbocycles. The molecule has 0 atom stereocenters. The average Bonchev–Trinajstić information content (AvgIpc) is 2.91. The van der Waals surface area contributed by atoms with Crippen LogP contribution >= 0.6 is 0 Å². The maximum absolute atomic E-state index is 5.54. The van der Waals surface area contributed by atoms with Gasteiger partial charge in [0.2, 0.25) is 0 Å². The lowest BCUT2D eigenvalue weighted by molar-refractivity contribution is 0.340. The highest BCUT2D eigenvalue weighted by Crippen LogP contribution is 2.22. The summed E-state index contributed by atoms with van der Waals surface area (Å²) in [5.74, 6) is 0.935. The molecule has 3 heteroatoms. The molecule has 0 saturated carbocycles. The lowest BCUT2D eigenvalue weighted by Gasteiger charge is -2.09. The summed E-state index contributed by atoms with van der Waals surface area (Å²) < 4.78 is 7.81. The standard InChI is InChI=1S/C18H20N2O/c1-2-21-17-8-9-18-15(14-17)10-12-20(18)13-11-19-16-6-4-3-5-7-16/h3-10,12,14,19H,2,11,13H2,1H3. The Hall–Kier alpha value is -2.42. The van der Waals surface area contributed by atoms with Crippen molar-refractivity contribution in [3.8, 4) is 5.75 Å². The summed E-state index contributed by atoms with van der Waals surface area (Å²) in [4.78, 5) is 0. The number of hydrogen-bond donors (Lipinski definition) is 1. The number of benzene rings is 2. The minimum absolute atomic E-state index is 0.702. The van der Waals surface area contributed by atoms with Gasteiger partial charge in [0, 0.05) is 35.9 Å². The van der Waals surface area contributed by atoms with E-state index in [0.29, 0.717) is 6.61 Å². The van der Waals surface area contributed by atoms with Gasteiger partial charge in [-0.3, -0.25) is 0 Å². The topological polar surface area (TPSA) is 26.2 Å². The SMILES string of the molecule is CCOc1ccc2c(ccn2CCNc2ccccc2)c1. The van der Waals surface area contributed by atoms with Crippen LogP contribution in [-0.2, 0) is 6.54 Å². The largest absolute Gasteiger partial charge is 0.494 e. The van der Waals surface area contributed by atoms with Crippen LogP contribution in [0.4, 0.5) is 5.69 Å². The number of fused-ring (bicyclic) bond motifs is 1. The van der Waals surface area contributed by atoms with Crippen molar-refractivity contribution in [2.45, 2.75) is 13.5 Å². The minimum Gasteiger partial charge on any atom is -0.494 e. The first-order valence-electron chi connectivity index (χ1n) is 7.37. The number of aromatic nitrogens is 1. The predicted molar refractivity (Wildman–Crippen MR) is 88.0 cm³/mol. The summed E-state index contributed by atoms with van der Waals surface area (Å²) in [6, 6.07) is 18.7. The molecule has 0 amide bonds. The van der Waals surface area contributed by atoms with Crippen LogP contribution in [0.3, 0.4) is 0 Å². The van der Waals surface area contributed by atoms with Crippen molar-refractivity contribution in [1.29, 1.82) is 0 Å². The number of anilines is 1.